The molecule has 98 valence electrons. The molecule has 1 aromatic rings. The van der Waals surface area contributed by atoms with Crippen LogP contribution in [-0.2, 0) is 4.79 Å². The molecule has 0 saturated heterocycles. The van der Waals surface area contributed by atoms with Gasteiger partial charge in [-0.25, -0.2) is 0 Å². The quantitative estimate of drug-likeness (QED) is 0.865. The van der Waals surface area contributed by atoms with Gasteiger partial charge in [-0.1, -0.05) is 29.3 Å². The number of aliphatic hydroxyl groups is 1. The molecule has 1 atom stereocenters. The lowest BCUT2D eigenvalue weighted by molar-refractivity contribution is -0.125. The van der Waals surface area contributed by atoms with Crippen LogP contribution in [0.5, 0.6) is 0 Å². The second kappa shape index (κ2) is 6.78. The van der Waals surface area contributed by atoms with Crippen LogP contribution in [0.1, 0.15) is 12.5 Å². The molecule has 5 heteroatoms. The highest BCUT2D eigenvalue weighted by molar-refractivity contribution is 6.37. The molecule has 1 rings (SSSR count). The van der Waals surface area contributed by atoms with Crippen LogP contribution >= 0.6 is 23.2 Å². The third-order valence-corrected chi connectivity index (χ3v) is 2.97. The highest BCUT2D eigenvalue weighted by Crippen LogP contribution is 2.25. The van der Waals surface area contributed by atoms with Gasteiger partial charge < -0.3 is 10.0 Å². The minimum atomic E-state index is -0.559. The number of rotatable bonds is 4. The van der Waals surface area contributed by atoms with E-state index in [4.69, 9.17) is 23.2 Å². The average molecular weight is 288 g/mol. The number of aliphatic hydroxyl groups excluding tert-OH is 1. The molecule has 0 aliphatic heterocycles. The van der Waals surface area contributed by atoms with E-state index in [2.05, 4.69) is 0 Å². The molecule has 1 amide bonds. The lowest BCUT2D eigenvalue weighted by Gasteiger charge is -2.16. The lowest BCUT2D eigenvalue weighted by atomic mass is 10.2. The normalized spacial score (nSPS) is 12.7. The maximum Gasteiger partial charge on any atom is 0.246 e. The van der Waals surface area contributed by atoms with Gasteiger partial charge in [0.05, 0.1) is 6.10 Å². The Bertz CT molecular complexity index is 438. The highest BCUT2D eigenvalue weighted by atomic mass is 35.5. The number of amides is 1. The number of carbonyl (C=O) groups excluding carboxylic acids is 1. The molecule has 0 radical (unpaired) electrons. The van der Waals surface area contributed by atoms with Crippen molar-refractivity contribution in [1.82, 2.24) is 4.90 Å². The van der Waals surface area contributed by atoms with Gasteiger partial charge in [0, 0.05) is 35.3 Å². The van der Waals surface area contributed by atoms with E-state index in [9.17, 15) is 9.90 Å². The van der Waals surface area contributed by atoms with E-state index in [0.29, 0.717) is 15.6 Å². The third kappa shape index (κ3) is 4.33. The summed E-state index contributed by atoms with van der Waals surface area (Å²) in [6.45, 7) is 1.90. The summed E-state index contributed by atoms with van der Waals surface area (Å²) in [7, 11) is 1.62. The molecule has 0 saturated carbocycles. The summed E-state index contributed by atoms with van der Waals surface area (Å²) in [6.07, 6.45) is 2.40. The average Bonchev–Trinajstić information content (AvgIpc) is 2.27. The Labute approximate surface area is 117 Å². The molecule has 0 bridgehead atoms. The predicted octanol–water partition coefficient (Wildman–Crippen LogP) is 2.85. The minimum Gasteiger partial charge on any atom is -0.392 e. The molecule has 0 aliphatic carbocycles. The van der Waals surface area contributed by atoms with Gasteiger partial charge >= 0.3 is 0 Å². The van der Waals surface area contributed by atoms with Crippen LogP contribution in [0, 0.1) is 0 Å². The van der Waals surface area contributed by atoms with E-state index < -0.39 is 6.10 Å². The van der Waals surface area contributed by atoms with Crippen molar-refractivity contribution < 1.29 is 9.90 Å². The fourth-order valence-corrected chi connectivity index (χ4v) is 1.96. The van der Waals surface area contributed by atoms with E-state index in [-0.39, 0.29) is 12.5 Å². The van der Waals surface area contributed by atoms with Crippen LogP contribution in [0.15, 0.2) is 24.3 Å². The maximum atomic E-state index is 11.7. The topological polar surface area (TPSA) is 40.5 Å². The van der Waals surface area contributed by atoms with E-state index in [1.165, 1.54) is 11.0 Å². The van der Waals surface area contributed by atoms with Crippen LogP contribution in [0.25, 0.3) is 6.08 Å². The summed E-state index contributed by atoms with van der Waals surface area (Å²) < 4.78 is 0. The summed E-state index contributed by atoms with van der Waals surface area (Å²) in [4.78, 5) is 13.1. The summed E-state index contributed by atoms with van der Waals surface area (Å²) in [6, 6.07) is 5.15. The maximum absolute atomic E-state index is 11.7. The Morgan fingerprint density at radius 3 is 2.50 bits per heavy atom. The van der Waals surface area contributed by atoms with Crippen molar-refractivity contribution in [1.29, 1.82) is 0 Å². The molecule has 18 heavy (non-hydrogen) atoms. The molecular formula is C13H15Cl2NO2. The van der Waals surface area contributed by atoms with Gasteiger partial charge in [0.1, 0.15) is 0 Å². The van der Waals surface area contributed by atoms with Crippen LogP contribution in [-0.4, -0.2) is 35.6 Å². The zero-order chi connectivity index (χ0) is 13.7. The first-order valence-corrected chi connectivity index (χ1v) is 6.22. The van der Waals surface area contributed by atoms with Gasteiger partial charge in [0.15, 0.2) is 0 Å². The van der Waals surface area contributed by atoms with Crippen LogP contribution < -0.4 is 0 Å². The molecule has 0 aromatic heterocycles. The van der Waals surface area contributed by atoms with E-state index in [1.807, 2.05) is 0 Å². The second-order valence-electron chi connectivity index (χ2n) is 4.04. The number of carbonyl (C=O) groups is 1. The van der Waals surface area contributed by atoms with E-state index in [1.54, 1.807) is 38.2 Å². The molecule has 1 unspecified atom stereocenters. The van der Waals surface area contributed by atoms with E-state index in [0.717, 1.165) is 0 Å². The Morgan fingerprint density at radius 2 is 2.00 bits per heavy atom. The molecule has 0 spiro atoms. The lowest BCUT2D eigenvalue weighted by Crippen LogP contribution is -2.31. The molecule has 3 nitrogen and oxygen atoms in total. The summed E-state index contributed by atoms with van der Waals surface area (Å²) >= 11 is 12.0. The SMILES string of the molecule is CC(O)CN(C)C(=O)C=Cc1c(Cl)cccc1Cl. The van der Waals surface area contributed by atoms with Crippen LogP contribution in [0.2, 0.25) is 10.0 Å². The van der Waals surface area contributed by atoms with Crippen molar-refractivity contribution in [2.24, 2.45) is 0 Å². The van der Waals surface area contributed by atoms with Gasteiger partial charge in [-0.2, -0.15) is 0 Å². The van der Waals surface area contributed by atoms with Gasteiger partial charge in [0.25, 0.3) is 0 Å². The number of likely N-dealkylation sites (N-methyl/N-ethyl adjacent to an activating group) is 1. The van der Waals surface area contributed by atoms with E-state index >= 15 is 0 Å². The smallest absolute Gasteiger partial charge is 0.246 e. The number of benzene rings is 1. The second-order valence-corrected chi connectivity index (χ2v) is 4.85. The van der Waals surface area contributed by atoms with Gasteiger partial charge in [-0.05, 0) is 25.1 Å². The molecule has 1 N–H and O–H groups in total. The molecule has 0 heterocycles. The van der Waals surface area contributed by atoms with Crippen molar-refractivity contribution in [3.05, 3.63) is 39.9 Å². The van der Waals surface area contributed by atoms with Crippen LogP contribution in [0.3, 0.4) is 0 Å². The summed E-state index contributed by atoms with van der Waals surface area (Å²) in [5.41, 5.74) is 0.611. The summed E-state index contributed by atoms with van der Waals surface area (Å²) in [5.74, 6) is -0.216. The minimum absolute atomic E-state index is 0.216. The standard InChI is InChI=1S/C13H15Cl2NO2/c1-9(17)8-16(2)13(18)7-6-10-11(14)4-3-5-12(10)15/h3-7,9,17H,8H2,1-2H3. The Morgan fingerprint density at radius 1 is 1.44 bits per heavy atom. The number of hydrogen-bond donors (Lipinski definition) is 1. The summed E-state index contributed by atoms with van der Waals surface area (Å²) in [5, 5.41) is 10.2. The third-order valence-electron chi connectivity index (χ3n) is 2.31. The monoisotopic (exact) mass is 287 g/mol. The first-order chi connectivity index (χ1) is 8.41. The van der Waals surface area contributed by atoms with Gasteiger partial charge in [-0.3, -0.25) is 4.79 Å². The van der Waals surface area contributed by atoms with Crippen molar-refractivity contribution >= 4 is 35.2 Å². The van der Waals surface area contributed by atoms with Gasteiger partial charge in [0.2, 0.25) is 5.91 Å². The molecular weight excluding hydrogens is 273 g/mol. The molecule has 1 aromatic carbocycles. The zero-order valence-electron chi connectivity index (χ0n) is 10.2. The fraction of sp³-hybridized carbons (Fsp3) is 0.308. The fourth-order valence-electron chi connectivity index (χ4n) is 1.44. The van der Waals surface area contributed by atoms with Crippen molar-refractivity contribution in [3.8, 4) is 0 Å². The number of nitrogens with zero attached hydrogens (tertiary/aromatic N) is 1. The van der Waals surface area contributed by atoms with Crippen LogP contribution in [0.4, 0.5) is 0 Å². The first kappa shape index (κ1) is 15.0. The van der Waals surface area contributed by atoms with Crippen molar-refractivity contribution in [2.45, 2.75) is 13.0 Å². The van der Waals surface area contributed by atoms with Crippen molar-refractivity contribution in [3.63, 3.8) is 0 Å². The van der Waals surface area contributed by atoms with Crippen molar-refractivity contribution in [2.75, 3.05) is 13.6 Å². The largest absolute Gasteiger partial charge is 0.392 e. The zero-order valence-corrected chi connectivity index (χ0v) is 11.7. The molecule has 0 fully saturated rings. The predicted molar refractivity (Wildman–Crippen MR) is 74.8 cm³/mol. The first-order valence-electron chi connectivity index (χ1n) is 5.47. The van der Waals surface area contributed by atoms with Gasteiger partial charge in [-0.15, -0.1) is 0 Å². The Hall–Kier alpha value is -1.03. The molecule has 0 aliphatic rings. The number of halogens is 2. The Balaban J connectivity index is 2.78. The number of hydrogen-bond acceptors (Lipinski definition) is 2. The highest BCUT2D eigenvalue weighted by Gasteiger charge is 2.08. The Kier molecular flexibility index (Phi) is 5.66.